The zero-order chi connectivity index (χ0) is 15.5. The van der Waals surface area contributed by atoms with Gasteiger partial charge in [-0.1, -0.05) is 42.0 Å². The minimum atomic E-state index is 0. The highest BCUT2D eigenvalue weighted by Crippen LogP contribution is 2.10. The van der Waals surface area contributed by atoms with Crippen LogP contribution in [-0.4, -0.2) is 39.3 Å². The van der Waals surface area contributed by atoms with Crippen LogP contribution in [0.25, 0.3) is 0 Å². The summed E-state index contributed by atoms with van der Waals surface area (Å²) in [6.45, 7) is 3.48. The normalized spacial score (nSPS) is 14.7. The molecule has 1 aliphatic rings. The van der Waals surface area contributed by atoms with Gasteiger partial charge in [-0.05, 0) is 31.2 Å². The van der Waals surface area contributed by atoms with Gasteiger partial charge in [0.2, 0.25) is 0 Å². The molecule has 0 unspecified atom stereocenters. The first-order valence-corrected chi connectivity index (χ1v) is 8.12. The van der Waals surface area contributed by atoms with Crippen molar-refractivity contribution >= 4 is 29.9 Å². The number of aliphatic imine (C=N–C) groups is 1. The average molecular weight is 429 g/mol. The Labute approximate surface area is 156 Å². The lowest BCUT2D eigenvalue weighted by Crippen LogP contribution is -2.38. The van der Waals surface area contributed by atoms with E-state index >= 15 is 0 Å². The number of ether oxygens (including phenoxy) is 1. The molecule has 0 spiro atoms. The number of benzene rings is 1. The second-order valence-electron chi connectivity index (χ2n) is 5.45. The Balaban J connectivity index is 0.00000264. The zero-order valence-electron chi connectivity index (χ0n) is 13.9. The molecule has 2 N–H and O–H groups in total. The molecule has 1 aromatic rings. The van der Waals surface area contributed by atoms with E-state index in [1.807, 2.05) is 7.05 Å². The van der Waals surface area contributed by atoms with Gasteiger partial charge < -0.3 is 15.4 Å². The van der Waals surface area contributed by atoms with E-state index in [-0.39, 0.29) is 24.0 Å². The van der Waals surface area contributed by atoms with Crippen LogP contribution >= 0.6 is 24.0 Å². The maximum atomic E-state index is 5.32. The van der Waals surface area contributed by atoms with Gasteiger partial charge in [0.1, 0.15) is 0 Å². The van der Waals surface area contributed by atoms with E-state index in [4.69, 9.17) is 4.74 Å². The van der Waals surface area contributed by atoms with Crippen molar-refractivity contribution in [3.05, 3.63) is 47.5 Å². The van der Waals surface area contributed by atoms with Crippen LogP contribution in [0.2, 0.25) is 0 Å². The topological polar surface area (TPSA) is 45.7 Å². The summed E-state index contributed by atoms with van der Waals surface area (Å²) < 4.78 is 5.32. The maximum absolute atomic E-state index is 5.32. The van der Waals surface area contributed by atoms with Crippen LogP contribution in [0.15, 0.2) is 47.0 Å². The van der Waals surface area contributed by atoms with Gasteiger partial charge in [-0.25, -0.2) is 0 Å². The monoisotopic (exact) mass is 429 g/mol. The van der Waals surface area contributed by atoms with Crippen molar-refractivity contribution in [3.8, 4) is 0 Å². The third-order valence-electron chi connectivity index (χ3n) is 3.80. The largest absolute Gasteiger partial charge is 0.377 e. The van der Waals surface area contributed by atoms with E-state index in [1.165, 1.54) is 11.1 Å². The molecule has 0 atom stereocenters. The highest BCUT2D eigenvalue weighted by molar-refractivity contribution is 14.0. The van der Waals surface area contributed by atoms with Crippen molar-refractivity contribution in [1.82, 2.24) is 10.6 Å². The summed E-state index contributed by atoms with van der Waals surface area (Å²) in [5.41, 5.74) is 2.87. The summed E-state index contributed by atoms with van der Waals surface area (Å²) in [5, 5.41) is 6.74. The van der Waals surface area contributed by atoms with Crippen molar-refractivity contribution in [2.75, 3.05) is 33.4 Å². The Morgan fingerprint density at radius 1 is 1.13 bits per heavy atom. The fourth-order valence-corrected chi connectivity index (χ4v) is 2.50. The number of halogens is 1. The Morgan fingerprint density at radius 3 is 2.61 bits per heavy atom. The second-order valence-corrected chi connectivity index (χ2v) is 5.45. The van der Waals surface area contributed by atoms with Crippen LogP contribution in [0.3, 0.4) is 0 Å². The van der Waals surface area contributed by atoms with Gasteiger partial charge in [-0.2, -0.15) is 0 Å². The van der Waals surface area contributed by atoms with Crippen molar-refractivity contribution in [1.29, 1.82) is 0 Å². The molecule has 0 fully saturated rings. The van der Waals surface area contributed by atoms with Gasteiger partial charge in [0.15, 0.2) is 5.96 Å². The summed E-state index contributed by atoms with van der Waals surface area (Å²) in [7, 11) is 1.82. The zero-order valence-corrected chi connectivity index (χ0v) is 16.2. The minimum absolute atomic E-state index is 0. The quantitative estimate of drug-likeness (QED) is 0.230. The first-order chi connectivity index (χ1) is 10.9. The first-order valence-electron chi connectivity index (χ1n) is 8.12. The highest BCUT2D eigenvalue weighted by atomic mass is 127. The van der Waals surface area contributed by atoms with Crippen LogP contribution < -0.4 is 10.6 Å². The molecule has 0 aliphatic carbocycles. The molecule has 23 heavy (non-hydrogen) atoms. The van der Waals surface area contributed by atoms with Gasteiger partial charge in [-0.15, -0.1) is 24.0 Å². The summed E-state index contributed by atoms with van der Waals surface area (Å²) in [4.78, 5) is 4.27. The number of nitrogens with zero attached hydrogens (tertiary/aromatic N) is 1. The number of hydrogen-bond donors (Lipinski definition) is 2. The van der Waals surface area contributed by atoms with E-state index in [2.05, 4.69) is 52.0 Å². The molecule has 128 valence electrons. The molecule has 0 saturated carbocycles. The van der Waals surface area contributed by atoms with Gasteiger partial charge in [0.25, 0.3) is 0 Å². The number of nitrogens with one attached hydrogen (secondary N) is 2. The summed E-state index contributed by atoms with van der Waals surface area (Å²) in [5.74, 6) is 0.890. The molecule has 1 aliphatic heterocycles. The second kappa shape index (κ2) is 12.4. The van der Waals surface area contributed by atoms with Crippen molar-refractivity contribution in [2.45, 2.75) is 25.7 Å². The van der Waals surface area contributed by atoms with Crippen molar-refractivity contribution in [3.63, 3.8) is 0 Å². The number of hydrogen-bond acceptors (Lipinski definition) is 2. The summed E-state index contributed by atoms with van der Waals surface area (Å²) in [6.07, 6.45) is 6.52. The number of aryl methyl sites for hydroxylation is 1. The lowest BCUT2D eigenvalue weighted by Gasteiger charge is -2.15. The van der Waals surface area contributed by atoms with Crippen LogP contribution in [0, 0.1) is 0 Å². The third kappa shape index (κ3) is 8.37. The van der Waals surface area contributed by atoms with Gasteiger partial charge >= 0.3 is 0 Å². The molecule has 0 radical (unpaired) electrons. The van der Waals surface area contributed by atoms with Gasteiger partial charge in [0.05, 0.1) is 13.2 Å². The van der Waals surface area contributed by atoms with Crippen LogP contribution in [0.5, 0.6) is 0 Å². The van der Waals surface area contributed by atoms with Crippen LogP contribution in [0.4, 0.5) is 0 Å². The molecular formula is C18H28IN3O. The standard InChI is InChI=1S/C18H27N3O.HI/c1-19-18(21-13-9-17-10-14-22-15-11-17)20-12-5-8-16-6-3-2-4-7-16;/h2-4,6-7,10H,5,8-9,11-15H2,1H3,(H2,19,20,21);1H. The lowest BCUT2D eigenvalue weighted by molar-refractivity contribution is 0.153. The average Bonchev–Trinajstić information content (AvgIpc) is 2.59. The molecule has 1 aromatic carbocycles. The molecule has 0 aromatic heterocycles. The Bertz CT molecular complexity index is 488. The molecule has 1 heterocycles. The molecular weight excluding hydrogens is 401 g/mol. The van der Waals surface area contributed by atoms with Crippen molar-refractivity contribution in [2.24, 2.45) is 4.99 Å². The SMILES string of the molecule is CN=C(NCCCc1ccccc1)NCCC1=CCOCC1.I. The fraction of sp³-hybridized carbons (Fsp3) is 0.500. The predicted octanol–water partition coefficient (Wildman–Crippen LogP) is 3.14. The molecule has 0 amide bonds. The first kappa shape index (κ1) is 20.0. The van der Waals surface area contributed by atoms with Crippen LogP contribution in [0.1, 0.15) is 24.8 Å². The van der Waals surface area contributed by atoms with E-state index < -0.39 is 0 Å². The molecule has 0 bridgehead atoms. The van der Waals surface area contributed by atoms with Gasteiger partial charge in [0, 0.05) is 20.1 Å². The molecule has 4 nitrogen and oxygen atoms in total. The van der Waals surface area contributed by atoms with E-state index in [1.54, 1.807) is 0 Å². The number of rotatable bonds is 7. The molecule has 0 saturated heterocycles. The third-order valence-corrected chi connectivity index (χ3v) is 3.80. The van der Waals surface area contributed by atoms with Gasteiger partial charge in [-0.3, -0.25) is 4.99 Å². The maximum Gasteiger partial charge on any atom is 0.190 e. The Morgan fingerprint density at radius 2 is 1.91 bits per heavy atom. The Hall–Kier alpha value is -1.08. The lowest BCUT2D eigenvalue weighted by atomic mass is 10.1. The highest BCUT2D eigenvalue weighted by Gasteiger charge is 2.04. The molecule has 5 heteroatoms. The smallest absolute Gasteiger partial charge is 0.190 e. The van der Waals surface area contributed by atoms with E-state index in [0.29, 0.717) is 0 Å². The van der Waals surface area contributed by atoms with Crippen molar-refractivity contribution < 1.29 is 4.74 Å². The minimum Gasteiger partial charge on any atom is -0.377 e. The van der Waals surface area contributed by atoms with E-state index in [0.717, 1.165) is 57.9 Å². The van der Waals surface area contributed by atoms with Crippen LogP contribution in [-0.2, 0) is 11.2 Å². The molecule has 2 rings (SSSR count). The fourth-order valence-electron chi connectivity index (χ4n) is 2.50. The summed E-state index contributed by atoms with van der Waals surface area (Å²) >= 11 is 0. The predicted molar refractivity (Wildman–Crippen MR) is 108 cm³/mol. The number of guanidine groups is 1. The Kier molecular flexibility index (Phi) is 10.7. The van der Waals surface area contributed by atoms with E-state index in [9.17, 15) is 0 Å². The summed E-state index contributed by atoms with van der Waals surface area (Å²) in [6, 6.07) is 10.6.